The Kier molecular flexibility index (Phi) is 4.60. The van der Waals surface area contributed by atoms with E-state index in [1.165, 1.54) is 22.1 Å². The van der Waals surface area contributed by atoms with Gasteiger partial charge in [-0.15, -0.1) is 11.3 Å². The van der Waals surface area contributed by atoms with Crippen LogP contribution in [0.15, 0.2) is 77.1 Å². The first-order valence-corrected chi connectivity index (χ1v) is 9.60. The fourth-order valence-electron chi connectivity index (χ4n) is 3.24. The molecule has 4 aromatic rings. The number of carbonyl (C=O) groups is 1. The van der Waals surface area contributed by atoms with Gasteiger partial charge in [0.05, 0.1) is 16.9 Å². The van der Waals surface area contributed by atoms with Crippen molar-refractivity contribution in [3.05, 3.63) is 82.5 Å². The Morgan fingerprint density at radius 2 is 1.78 bits per heavy atom. The quantitative estimate of drug-likeness (QED) is 0.525. The Labute approximate surface area is 160 Å². The summed E-state index contributed by atoms with van der Waals surface area (Å²) in [5, 5.41) is 13.9. The summed E-state index contributed by atoms with van der Waals surface area (Å²) >= 11 is 1.52. The van der Waals surface area contributed by atoms with Crippen LogP contribution in [-0.2, 0) is 6.54 Å². The van der Waals surface area contributed by atoms with E-state index in [0.717, 1.165) is 22.6 Å². The second kappa shape index (κ2) is 7.21. The minimum atomic E-state index is -0.969. The van der Waals surface area contributed by atoms with Crippen molar-refractivity contribution in [3.8, 4) is 11.3 Å². The molecule has 0 aliphatic heterocycles. The number of thiazole rings is 1. The predicted molar refractivity (Wildman–Crippen MR) is 110 cm³/mol. The first kappa shape index (κ1) is 17.2. The molecule has 0 unspecified atom stereocenters. The molecule has 4 nitrogen and oxygen atoms in total. The Bertz CT molecular complexity index is 1200. The van der Waals surface area contributed by atoms with Gasteiger partial charge < -0.3 is 9.67 Å². The van der Waals surface area contributed by atoms with Crippen LogP contribution in [0, 0.1) is 0 Å². The predicted octanol–water partition coefficient (Wildman–Crippen LogP) is 5.32. The summed E-state index contributed by atoms with van der Waals surface area (Å²) in [7, 11) is 0. The molecule has 0 atom stereocenters. The maximum atomic E-state index is 11.5. The molecule has 0 amide bonds. The summed E-state index contributed by atoms with van der Waals surface area (Å²) in [6.07, 6.45) is 0. The summed E-state index contributed by atoms with van der Waals surface area (Å²) < 4.78 is 2.13. The number of rotatable bonds is 4. The number of carboxylic acids is 1. The van der Waals surface area contributed by atoms with Crippen LogP contribution in [0.1, 0.15) is 17.3 Å². The van der Waals surface area contributed by atoms with Crippen LogP contribution in [0.2, 0.25) is 0 Å². The highest BCUT2D eigenvalue weighted by Gasteiger charge is 2.12. The van der Waals surface area contributed by atoms with E-state index in [1.54, 1.807) is 24.3 Å². The minimum absolute atomic E-state index is 0.209. The van der Waals surface area contributed by atoms with E-state index in [-0.39, 0.29) is 5.56 Å². The number of hydrogen-bond donors (Lipinski definition) is 1. The van der Waals surface area contributed by atoms with Crippen LogP contribution in [0.25, 0.3) is 22.0 Å². The fraction of sp³-hybridized carbons (Fsp3) is 0.0909. The number of carboxylic acid groups (broad SMARTS) is 1. The first-order chi connectivity index (χ1) is 13.2. The van der Waals surface area contributed by atoms with Crippen molar-refractivity contribution in [3.63, 3.8) is 0 Å². The molecule has 0 aliphatic rings. The van der Waals surface area contributed by atoms with Crippen molar-refractivity contribution < 1.29 is 9.90 Å². The first-order valence-electron chi connectivity index (χ1n) is 8.72. The molecule has 27 heavy (non-hydrogen) atoms. The topological polar surface area (TPSA) is 54.6 Å². The number of aromatic nitrogens is 1. The van der Waals surface area contributed by atoms with Crippen LogP contribution >= 0.6 is 11.3 Å². The van der Waals surface area contributed by atoms with Crippen molar-refractivity contribution in [1.82, 2.24) is 4.57 Å². The zero-order valence-electron chi connectivity index (χ0n) is 14.8. The van der Waals surface area contributed by atoms with Crippen molar-refractivity contribution in [2.45, 2.75) is 13.5 Å². The Morgan fingerprint density at radius 3 is 2.59 bits per heavy atom. The van der Waals surface area contributed by atoms with E-state index >= 15 is 0 Å². The molecular formula is C22H18N2O2S. The molecule has 0 aliphatic carbocycles. The van der Waals surface area contributed by atoms with E-state index in [4.69, 9.17) is 0 Å². The summed E-state index contributed by atoms with van der Waals surface area (Å²) in [6.45, 7) is 2.82. The lowest BCUT2D eigenvalue weighted by Crippen LogP contribution is -2.14. The lowest BCUT2D eigenvalue weighted by molar-refractivity contribution is 0.0698. The molecular weight excluding hydrogens is 356 g/mol. The molecule has 0 radical (unpaired) electrons. The number of nitrogens with zero attached hydrogens (tertiary/aromatic N) is 2. The smallest absolute Gasteiger partial charge is 0.337 e. The summed E-state index contributed by atoms with van der Waals surface area (Å²) in [6, 6.07) is 21.4. The van der Waals surface area contributed by atoms with Crippen molar-refractivity contribution in [1.29, 1.82) is 0 Å². The van der Waals surface area contributed by atoms with Gasteiger partial charge in [0.1, 0.15) is 0 Å². The van der Waals surface area contributed by atoms with Gasteiger partial charge >= 0.3 is 5.97 Å². The molecule has 1 heterocycles. The second-order valence-corrected chi connectivity index (χ2v) is 6.95. The normalized spacial score (nSPS) is 11.8. The van der Waals surface area contributed by atoms with Crippen molar-refractivity contribution in [2.75, 3.05) is 0 Å². The molecule has 0 saturated carbocycles. The van der Waals surface area contributed by atoms with Crippen LogP contribution in [-0.4, -0.2) is 15.6 Å². The fourth-order valence-corrected chi connectivity index (χ4v) is 4.22. The van der Waals surface area contributed by atoms with Gasteiger partial charge in [-0.1, -0.05) is 54.6 Å². The zero-order valence-corrected chi connectivity index (χ0v) is 15.6. The van der Waals surface area contributed by atoms with E-state index in [9.17, 15) is 9.90 Å². The van der Waals surface area contributed by atoms with Crippen LogP contribution < -0.4 is 4.80 Å². The highest BCUT2D eigenvalue weighted by molar-refractivity contribution is 7.07. The molecule has 0 fully saturated rings. The van der Waals surface area contributed by atoms with Crippen molar-refractivity contribution >= 4 is 33.8 Å². The van der Waals surface area contributed by atoms with E-state index in [2.05, 4.69) is 52.2 Å². The van der Waals surface area contributed by atoms with Gasteiger partial charge in [-0.25, -0.2) is 9.79 Å². The maximum Gasteiger partial charge on any atom is 0.337 e. The third kappa shape index (κ3) is 3.17. The molecule has 5 heteroatoms. The molecule has 0 saturated heterocycles. The van der Waals surface area contributed by atoms with E-state index < -0.39 is 5.97 Å². The second-order valence-electron chi connectivity index (χ2n) is 6.11. The van der Waals surface area contributed by atoms with E-state index in [0.29, 0.717) is 5.69 Å². The van der Waals surface area contributed by atoms with Gasteiger partial charge in [0, 0.05) is 17.5 Å². The van der Waals surface area contributed by atoms with Gasteiger partial charge in [0.15, 0.2) is 4.80 Å². The lowest BCUT2D eigenvalue weighted by Gasteiger charge is -2.09. The molecule has 134 valence electrons. The average Bonchev–Trinajstić information content (AvgIpc) is 3.10. The molecule has 1 aromatic heterocycles. The number of benzene rings is 3. The van der Waals surface area contributed by atoms with E-state index in [1.807, 2.05) is 12.1 Å². The van der Waals surface area contributed by atoms with Gasteiger partial charge in [-0.05, 0) is 29.8 Å². The molecule has 1 N–H and O–H groups in total. The number of hydrogen-bond acceptors (Lipinski definition) is 3. The SMILES string of the molecule is CCn1c(-c2cccc3ccccc23)csc1=Nc1ccccc1C(=O)O. The Morgan fingerprint density at radius 1 is 1.04 bits per heavy atom. The highest BCUT2D eigenvalue weighted by Crippen LogP contribution is 2.29. The number of fused-ring (bicyclic) bond motifs is 1. The zero-order chi connectivity index (χ0) is 18.8. The standard InChI is InChI=1S/C22H18N2O2S/c1-2-24-20(17-12-7-9-15-8-3-4-10-16(15)17)14-27-22(24)23-19-13-6-5-11-18(19)21(25)26/h3-14H,2H2,1H3,(H,25,26). The van der Waals surface area contributed by atoms with Crippen LogP contribution in [0.3, 0.4) is 0 Å². The minimum Gasteiger partial charge on any atom is -0.478 e. The highest BCUT2D eigenvalue weighted by atomic mass is 32.1. The number of para-hydroxylation sites is 1. The summed E-state index contributed by atoms with van der Waals surface area (Å²) in [4.78, 5) is 16.9. The largest absolute Gasteiger partial charge is 0.478 e. The Hall–Kier alpha value is -3.18. The molecule has 0 spiro atoms. The van der Waals surface area contributed by atoms with Crippen molar-refractivity contribution in [2.24, 2.45) is 4.99 Å². The summed E-state index contributed by atoms with van der Waals surface area (Å²) in [5.74, 6) is -0.969. The third-order valence-corrected chi connectivity index (χ3v) is 5.39. The van der Waals surface area contributed by atoms with Gasteiger partial charge in [0.25, 0.3) is 0 Å². The molecule has 3 aromatic carbocycles. The monoisotopic (exact) mass is 374 g/mol. The lowest BCUT2D eigenvalue weighted by atomic mass is 10.0. The summed E-state index contributed by atoms with van der Waals surface area (Å²) in [5.41, 5.74) is 2.92. The van der Waals surface area contributed by atoms with Gasteiger partial charge in [0.2, 0.25) is 0 Å². The molecule has 0 bridgehead atoms. The number of aromatic carboxylic acids is 1. The van der Waals surface area contributed by atoms with Crippen LogP contribution in [0.5, 0.6) is 0 Å². The van der Waals surface area contributed by atoms with Gasteiger partial charge in [-0.2, -0.15) is 0 Å². The maximum absolute atomic E-state index is 11.5. The molecule has 4 rings (SSSR count). The van der Waals surface area contributed by atoms with Gasteiger partial charge in [-0.3, -0.25) is 0 Å². The Balaban J connectivity index is 1.93. The average molecular weight is 374 g/mol. The third-order valence-electron chi connectivity index (χ3n) is 4.53. The van der Waals surface area contributed by atoms with Crippen LogP contribution in [0.4, 0.5) is 5.69 Å².